The third-order valence-corrected chi connectivity index (χ3v) is 6.12. The van der Waals surface area contributed by atoms with Gasteiger partial charge >= 0.3 is 0 Å². The van der Waals surface area contributed by atoms with Gasteiger partial charge in [-0.1, -0.05) is 0 Å². The number of sulfonamides is 1. The van der Waals surface area contributed by atoms with Crippen molar-refractivity contribution in [2.45, 2.75) is 41.0 Å². The van der Waals surface area contributed by atoms with Crippen molar-refractivity contribution in [2.24, 2.45) is 0 Å². The molecule has 0 amide bonds. The highest BCUT2D eigenvalue weighted by Gasteiger charge is 2.07. The number of rotatable bonds is 10. The molecule has 2 aromatic rings. The first-order chi connectivity index (χ1) is 15.1. The average Bonchev–Trinajstić information content (AvgIpc) is 2.74. The lowest BCUT2D eigenvalue weighted by Crippen LogP contribution is -2.25. The lowest BCUT2D eigenvalue weighted by atomic mass is 10.1. The van der Waals surface area contributed by atoms with Crippen molar-refractivity contribution in [3.63, 3.8) is 0 Å². The largest absolute Gasteiger partial charge is 0.399 e. The van der Waals surface area contributed by atoms with Crippen molar-refractivity contribution in [1.82, 2.24) is 4.72 Å². The highest BCUT2D eigenvalue weighted by atomic mass is 35.5. The summed E-state index contributed by atoms with van der Waals surface area (Å²) >= 11 is 0. The number of nitrogens with zero attached hydrogens (tertiary/aromatic N) is 2. The number of hydrogen-bond donors (Lipinski definition) is 3. The molecule has 0 aliphatic carbocycles. The summed E-state index contributed by atoms with van der Waals surface area (Å²) < 4.78 is 24.5. The maximum absolute atomic E-state index is 11.0. The summed E-state index contributed by atoms with van der Waals surface area (Å²) in [6.45, 7) is 14.9. The van der Waals surface area contributed by atoms with E-state index in [1.165, 1.54) is 5.69 Å². The van der Waals surface area contributed by atoms with Crippen LogP contribution in [0.15, 0.2) is 36.4 Å². The smallest absolute Gasteiger partial charge is 0.208 e. The minimum absolute atomic E-state index is 0. The average molecular weight is 537 g/mol. The van der Waals surface area contributed by atoms with Gasteiger partial charge in [0.1, 0.15) is 0 Å². The Kier molecular flexibility index (Phi) is 16.9. The predicted molar refractivity (Wildman–Crippen MR) is 155 cm³/mol. The second-order valence-electron chi connectivity index (χ2n) is 7.69. The third kappa shape index (κ3) is 11.5. The van der Waals surface area contributed by atoms with E-state index in [0.717, 1.165) is 54.9 Å². The van der Waals surface area contributed by atoms with Crippen LogP contribution in [0.4, 0.5) is 22.7 Å². The van der Waals surface area contributed by atoms with E-state index in [1.807, 2.05) is 31.2 Å². The summed E-state index contributed by atoms with van der Waals surface area (Å²) in [6.07, 6.45) is 1.75. The Morgan fingerprint density at radius 2 is 1.24 bits per heavy atom. The minimum atomic E-state index is -3.14. The monoisotopic (exact) mass is 535 g/mol. The van der Waals surface area contributed by atoms with E-state index >= 15 is 0 Å². The number of nitrogens with one attached hydrogen (secondary N) is 1. The molecule has 0 radical (unpaired) electrons. The Morgan fingerprint density at radius 3 is 1.65 bits per heavy atom. The topological polar surface area (TPSA) is 105 Å². The fraction of sp³-hybridized carbons (Fsp3) is 0.500. The van der Waals surface area contributed by atoms with Gasteiger partial charge < -0.3 is 21.3 Å². The predicted octanol–water partition coefficient (Wildman–Crippen LogP) is 4.47. The standard InChI is InChI=1S/C13H23N3O2S.C11H18N2.2ClH/c1-4-16(5-2)12-6-7-13(14)11(10-12)8-9-15-19(3,17)18;1-4-13(5-2)10-6-7-11(12)9(3)8-10;;/h6-7,10,15H,4-5,8-9,14H2,1-3H3;6-8H,4-5,12H2,1-3H3;2*1H. The first-order valence-electron chi connectivity index (χ1n) is 11.2. The zero-order valence-corrected chi connectivity index (χ0v) is 23.7. The first-order valence-corrected chi connectivity index (χ1v) is 13.1. The lowest BCUT2D eigenvalue weighted by Gasteiger charge is -2.22. The van der Waals surface area contributed by atoms with Crippen molar-refractivity contribution in [1.29, 1.82) is 0 Å². The number of nitrogens with two attached hydrogens (primary N) is 2. The van der Waals surface area contributed by atoms with Crippen LogP contribution >= 0.6 is 24.8 Å². The molecule has 2 aromatic carbocycles. The van der Waals surface area contributed by atoms with Crippen molar-refractivity contribution in [3.8, 4) is 0 Å². The summed E-state index contributed by atoms with van der Waals surface area (Å²) in [5.74, 6) is 0. The number of nitrogen functional groups attached to an aromatic ring is 2. The van der Waals surface area contributed by atoms with Crippen LogP contribution in [0.1, 0.15) is 38.8 Å². The lowest BCUT2D eigenvalue weighted by molar-refractivity contribution is 0.588. The second kappa shape index (κ2) is 16.7. The van der Waals surface area contributed by atoms with Gasteiger partial charge in [-0.15, -0.1) is 24.8 Å². The number of aryl methyl sites for hydroxylation is 1. The quantitative estimate of drug-likeness (QED) is 0.387. The molecule has 0 saturated heterocycles. The van der Waals surface area contributed by atoms with Crippen molar-refractivity contribution < 1.29 is 8.42 Å². The van der Waals surface area contributed by atoms with Gasteiger partial charge in [-0.2, -0.15) is 0 Å². The Bertz CT molecular complexity index is 950. The van der Waals surface area contributed by atoms with Crippen LogP contribution in [0.5, 0.6) is 0 Å². The summed E-state index contributed by atoms with van der Waals surface area (Å²) in [6, 6.07) is 12.1. The minimum Gasteiger partial charge on any atom is -0.399 e. The molecule has 196 valence electrons. The molecule has 0 aromatic heterocycles. The number of halogens is 2. The van der Waals surface area contributed by atoms with E-state index in [-0.39, 0.29) is 24.8 Å². The van der Waals surface area contributed by atoms with Gasteiger partial charge in [0, 0.05) is 55.5 Å². The Balaban J connectivity index is 0. The first kappa shape index (κ1) is 34.3. The Hall–Kier alpha value is -1.87. The third-order valence-electron chi connectivity index (χ3n) is 5.40. The van der Waals surface area contributed by atoms with Crippen LogP contribution in [-0.2, 0) is 16.4 Å². The van der Waals surface area contributed by atoms with Gasteiger partial charge in [-0.05, 0) is 88.6 Å². The molecule has 0 aliphatic rings. The number of benzene rings is 2. The molecule has 0 aliphatic heterocycles. The van der Waals surface area contributed by atoms with Crippen molar-refractivity contribution >= 4 is 57.6 Å². The van der Waals surface area contributed by atoms with Crippen LogP contribution < -0.4 is 26.0 Å². The molecule has 0 unspecified atom stereocenters. The number of anilines is 4. The zero-order chi connectivity index (χ0) is 24.3. The molecule has 0 bridgehead atoms. The fourth-order valence-electron chi connectivity index (χ4n) is 3.41. The molecular weight excluding hydrogens is 493 g/mol. The Morgan fingerprint density at radius 1 is 0.794 bits per heavy atom. The summed E-state index contributed by atoms with van der Waals surface area (Å²) in [5, 5.41) is 0. The van der Waals surface area contributed by atoms with Crippen molar-refractivity contribution in [2.75, 3.05) is 60.2 Å². The van der Waals surface area contributed by atoms with E-state index in [2.05, 4.69) is 54.3 Å². The molecule has 0 heterocycles. The zero-order valence-electron chi connectivity index (χ0n) is 21.3. The molecule has 0 fully saturated rings. The van der Waals surface area contributed by atoms with Gasteiger partial charge in [0.05, 0.1) is 6.26 Å². The van der Waals surface area contributed by atoms with Gasteiger partial charge in [0.25, 0.3) is 0 Å². The van der Waals surface area contributed by atoms with Crippen LogP contribution in [-0.4, -0.2) is 47.4 Å². The van der Waals surface area contributed by atoms with Crippen LogP contribution in [0.2, 0.25) is 0 Å². The highest BCUT2D eigenvalue weighted by Crippen LogP contribution is 2.22. The molecule has 10 heteroatoms. The molecule has 34 heavy (non-hydrogen) atoms. The van der Waals surface area contributed by atoms with Gasteiger partial charge in [-0.3, -0.25) is 0 Å². The van der Waals surface area contributed by atoms with E-state index in [1.54, 1.807) is 0 Å². The normalized spacial score (nSPS) is 10.3. The van der Waals surface area contributed by atoms with E-state index in [4.69, 9.17) is 11.5 Å². The fourth-order valence-corrected chi connectivity index (χ4v) is 3.88. The molecule has 7 nitrogen and oxygen atoms in total. The molecular formula is C24H43Cl2N5O2S. The summed E-state index contributed by atoms with van der Waals surface area (Å²) in [5.41, 5.74) is 17.8. The van der Waals surface area contributed by atoms with Crippen molar-refractivity contribution in [3.05, 3.63) is 47.5 Å². The SMILES string of the molecule is CCN(CC)c1ccc(N)c(C)c1.CCN(CC)c1ccc(N)c(CCNS(C)(=O)=O)c1.Cl.Cl. The van der Waals surface area contributed by atoms with Crippen LogP contribution in [0, 0.1) is 6.92 Å². The highest BCUT2D eigenvalue weighted by molar-refractivity contribution is 7.88. The summed E-state index contributed by atoms with van der Waals surface area (Å²) in [7, 11) is -3.14. The Labute approximate surface area is 219 Å². The maximum Gasteiger partial charge on any atom is 0.208 e. The van der Waals surface area contributed by atoms with E-state index < -0.39 is 10.0 Å². The van der Waals surface area contributed by atoms with Gasteiger partial charge in [-0.25, -0.2) is 13.1 Å². The summed E-state index contributed by atoms with van der Waals surface area (Å²) in [4.78, 5) is 4.54. The molecule has 2 rings (SSSR count). The molecule has 0 atom stereocenters. The van der Waals surface area contributed by atoms with E-state index in [9.17, 15) is 8.42 Å². The maximum atomic E-state index is 11.0. The number of hydrogen-bond acceptors (Lipinski definition) is 6. The van der Waals surface area contributed by atoms with Crippen LogP contribution in [0.25, 0.3) is 0 Å². The molecule has 0 saturated carbocycles. The molecule has 5 N–H and O–H groups in total. The second-order valence-corrected chi connectivity index (χ2v) is 9.52. The van der Waals surface area contributed by atoms with E-state index in [0.29, 0.717) is 18.7 Å². The van der Waals surface area contributed by atoms with Gasteiger partial charge in [0.2, 0.25) is 10.0 Å². The van der Waals surface area contributed by atoms with Crippen LogP contribution in [0.3, 0.4) is 0 Å². The molecule has 0 spiro atoms. The van der Waals surface area contributed by atoms with Gasteiger partial charge in [0.15, 0.2) is 0 Å².